The van der Waals surface area contributed by atoms with Crippen LogP contribution in [0.3, 0.4) is 0 Å². The van der Waals surface area contributed by atoms with Gasteiger partial charge in [0.25, 0.3) is 0 Å². The second-order valence-corrected chi connectivity index (χ2v) is 21.9. The molecule has 6 aliphatic rings. The van der Waals surface area contributed by atoms with Gasteiger partial charge in [0.1, 0.15) is 0 Å². The summed E-state index contributed by atoms with van der Waals surface area (Å²) in [5, 5.41) is 13.0. The molecule has 16 rings (SSSR count). The van der Waals surface area contributed by atoms with Crippen molar-refractivity contribution in [2.24, 2.45) is 29.1 Å². The Bertz CT molecular complexity index is 3610. The van der Waals surface area contributed by atoms with Crippen molar-refractivity contribution >= 4 is 88.0 Å². The van der Waals surface area contributed by atoms with Gasteiger partial charge in [-0.05, 0) is 230 Å². The Morgan fingerprint density at radius 3 is 1.28 bits per heavy atom. The van der Waals surface area contributed by atoms with Gasteiger partial charge in [-0.3, -0.25) is 0 Å². The van der Waals surface area contributed by atoms with Gasteiger partial charge in [0.2, 0.25) is 0 Å². The number of para-hydroxylation sites is 2. The first kappa shape index (κ1) is 40.0. The SMILES string of the molecule is c1ccc(N(c2ccc(C3CC4CCC3CC4)cc2)c2ccc3c(c2)c2ccccc2c2c4ccc(N(c5ccccc5)c5ccc(C6C[C@@]78CCC7CCC68)cc5)cc4c4ccccc4c32)cc1. The van der Waals surface area contributed by atoms with E-state index in [1.807, 2.05) is 0 Å². The van der Waals surface area contributed by atoms with Crippen LogP contribution >= 0.6 is 0 Å². The summed E-state index contributed by atoms with van der Waals surface area (Å²) in [5.41, 5.74) is 10.9. The number of fused-ring (bicyclic) bond motifs is 14. The summed E-state index contributed by atoms with van der Waals surface area (Å²) >= 11 is 0. The smallest absolute Gasteiger partial charge is 0.0468 e. The fourth-order valence-electron chi connectivity index (χ4n) is 15.6. The van der Waals surface area contributed by atoms with Gasteiger partial charge in [-0.15, -0.1) is 0 Å². The summed E-state index contributed by atoms with van der Waals surface area (Å²) in [7, 11) is 0. The van der Waals surface area contributed by atoms with Crippen molar-refractivity contribution in [3.8, 4) is 0 Å². The molecule has 0 heterocycles. The zero-order valence-electron chi connectivity index (χ0n) is 39.4. The van der Waals surface area contributed by atoms with Crippen molar-refractivity contribution in [3.63, 3.8) is 0 Å². The molecule has 6 fully saturated rings. The normalized spacial score (nSPS) is 24.6. The number of benzene rings is 10. The molecule has 1 spiro atoms. The van der Waals surface area contributed by atoms with Crippen molar-refractivity contribution in [1.82, 2.24) is 0 Å². The maximum absolute atomic E-state index is 2.47. The first-order valence-corrected chi connectivity index (χ1v) is 26.3. The number of nitrogens with zero attached hydrogens (tertiary/aromatic N) is 2. The van der Waals surface area contributed by atoms with Crippen LogP contribution in [0.1, 0.15) is 87.2 Å². The van der Waals surface area contributed by atoms with Gasteiger partial charge in [-0.1, -0.05) is 134 Å². The minimum Gasteiger partial charge on any atom is -0.310 e. The molecule has 69 heavy (non-hydrogen) atoms. The van der Waals surface area contributed by atoms with Crippen LogP contribution in [0.15, 0.2) is 194 Å². The third-order valence-electron chi connectivity index (χ3n) is 18.9. The van der Waals surface area contributed by atoms with Crippen molar-refractivity contribution < 1.29 is 0 Å². The molecule has 0 radical (unpaired) electrons. The van der Waals surface area contributed by atoms with E-state index >= 15 is 0 Å². The van der Waals surface area contributed by atoms with Crippen molar-refractivity contribution in [2.45, 2.75) is 76.0 Å². The second-order valence-electron chi connectivity index (χ2n) is 21.9. The zero-order chi connectivity index (χ0) is 45.2. The molecule has 0 N–H and O–H groups in total. The second kappa shape index (κ2) is 15.6. The number of hydrogen-bond donors (Lipinski definition) is 0. The van der Waals surface area contributed by atoms with Crippen molar-refractivity contribution in [1.29, 1.82) is 0 Å². The van der Waals surface area contributed by atoms with Gasteiger partial charge in [-0.2, -0.15) is 0 Å². The number of hydrogen-bond acceptors (Lipinski definition) is 2. The molecular weight excluding hydrogens is 833 g/mol. The number of anilines is 6. The molecule has 336 valence electrons. The van der Waals surface area contributed by atoms with Crippen LogP contribution in [-0.2, 0) is 0 Å². The third kappa shape index (κ3) is 6.10. The summed E-state index contributed by atoms with van der Waals surface area (Å²) in [4.78, 5) is 4.93. The highest BCUT2D eigenvalue weighted by Gasteiger charge is 2.65. The molecule has 2 heteroatoms. The Hall–Kier alpha value is -6.90. The molecule has 0 saturated heterocycles. The van der Waals surface area contributed by atoms with Crippen LogP contribution in [-0.4, -0.2) is 0 Å². The van der Waals surface area contributed by atoms with E-state index in [-0.39, 0.29) is 0 Å². The Morgan fingerprint density at radius 1 is 0.348 bits per heavy atom. The van der Waals surface area contributed by atoms with E-state index in [0.29, 0.717) is 11.3 Å². The first-order valence-electron chi connectivity index (χ1n) is 26.3. The van der Waals surface area contributed by atoms with E-state index in [1.54, 1.807) is 5.56 Å². The predicted molar refractivity (Wildman–Crippen MR) is 291 cm³/mol. The van der Waals surface area contributed by atoms with E-state index in [2.05, 4.69) is 204 Å². The van der Waals surface area contributed by atoms with Crippen LogP contribution in [0, 0.1) is 29.1 Å². The summed E-state index contributed by atoms with van der Waals surface area (Å²) in [6.07, 6.45) is 14.3. The lowest BCUT2D eigenvalue weighted by Gasteiger charge is -2.61. The maximum Gasteiger partial charge on any atom is 0.0468 e. The minimum atomic E-state index is 0.697. The molecule has 4 unspecified atom stereocenters. The fourth-order valence-corrected chi connectivity index (χ4v) is 15.6. The summed E-state index contributed by atoms with van der Waals surface area (Å²) < 4.78 is 0. The highest BCUT2D eigenvalue weighted by Crippen LogP contribution is 2.75. The lowest BCUT2D eigenvalue weighted by molar-refractivity contribution is -0.0835. The molecule has 6 aliphatic carbocycles. The zero-order valence-corrected chi connectivity index (χ0v) is 39.4. The average Bonchev–Trinajstić information content (AvgIpc) is 3.59. The molecule has 6 saturated carbocycles. The van der Waals surface area contributed by atoms with Crippen LogP contribution in [0.4, 0.5) is 34.1 Å². The largest absolute Gasteiger partial charge is 0.310 e. The third-order valence-corrected chi connectivity index (χ3v) is 18.9. The fraction of sp³-hybridized carbons (Fsp3) is 0.254. The average molecular weight is 891 g/mol. The van der Waals surface area contributed by atoms with E-state index in [0.717, 1.165) is 29.6 Å². The van der Waals surface area contributed by atoms with Gasteiger partial charge < -0.3 is 9.80 Å². The summed E-state index contributed by atoms with van der Waals surface area (Å²) in [5.74, 6) is 5.12. The summed E-state index contributed by atoms with van der Waals surface area (Å²) in [6.45, 7) is 0. The van der Waals surface area contributed by atoms with E-state index in [4.69, 9.17) is 0 Å². The first-order chi connectivity index (χ1) is 34.2. The molecule has 0 aliphatic heterocycles. The molecule has 0 amide bonds. The van der Waals surface area contributed by atoms with Gasteiger partial charge in [-0.25, -0.2) is 0 Å². The minimum absolute atomic E-state index is 0.697. The Balaban J connectivity index is 0.870. The van der Waals surface area contributed by atoms with Crippen LogP contribution in [0.5, 0.6) is 0 Å². The number of rotatable bonds is 8. The monoisotopic (exact) mass is 890 g/mol. The van der Waals surface area contributed by atoms with E-state index in [1.165, 1.54) is 158 Å². The maximum atomic E-state index is 2.47. The highest BCUT2D eigenvalue weighted by atomic mass is 15.1. The van der Waals surface area contributed by atoms with Crippen LogP contribution in [0.25, 0.3) is 53.9 Å². The standard InChI is InChI=1S/C67H58N2/c1-3-11-48(12-4-1)68(50-28-23-45(24-29-50)60-39-43-19-21-44(60)22-20-43)52-32-34-58-61(40-52)54-15-7-9-17-56(54)66-59-35-33-53(41-62(59)55-16-8-10-18-57(55)65(58)66)69(49-13-5-2-6-14-49)51-30-25-46(26-31-51)63-42-67-38-37-47(67)27-36-64(63)67/h1-18,23-26,28-35,40-41,43-44,47,60,63-64H,19-22,27,36-39,42H2/t43?,44?,47?,60?,63?,64?,67-/m0/s1. The van der Waals surface area contributed by atoms with Crippen molar-refractivity contribution in [2.75, 3.05) is 9.80 Å². The van der Waals surface area contributed by atoms with Gasteiger partial charge >= 0.3 is 0 Å². The topological polar surface area (TPSA) is 6.48 Å². The Kier molecular flexibility index (Phi) is 9.03. The lowest BCUT2D eigenvalue weighted by Crippen LogP contribution is -2.52. The molecule has 2 nitrogen and oxygen atoms in total. The Labute approximate surface area is 406 Å². The Morgan fingerprint density at radius 2 is 0.797 bits per heavy atom. The van der Waals surface area contributed by atoms with E-state index < -0.39 is 0 Å². The predicted octanol–water partition coefficient (Wildman–Crippen LogP) is 19.0. The van der Waals surface area contributed by atoms with E-state index in [9.17, 15) is 0 Å². The molecule has 10 aromatic carbocycles. The molecule has 5 atom stereocenters. The van der Waals surface area contributed by atoms with Crippen LogP contribution < -0.4 is 9.80 Å². The molecule has 0 aromatic heterocycles. The molecule has 2 bridgehead atoms. The molecular formula is C67H58N2. The van der Waals surface area contributed by atoms with Gasteiger partial charge in [0, 0.05) is 34.1 Å². The van der Waals surface area contributed by atoms with Crippen LogP contribution in [0.2, 0.25) is 0 Å². The van der Waals surface area contributed by atoms with Gasteiger partial charge in [0.05, 0.1) is 0 Å². The van der Waals surface area contributed by atoms with Gasteiger partial charge in [0.15, 0.2) is 0 Å². The highest BCUT2D eigenvalue weighted by molar-refractivity contribution is 6.39. The quantitative estimate of drug-likeness (QED) is 0.140. The summed E-state index contributed by atoms with van der Waals surface area (Å²) in [6, 6.07) is 74.1. The molecule has 10 aromatic rings. The lowest BCUT2D eigenvalue weighted by atomic mass is 9.44. The van der Waals surface area contributed by atoms with Crippen molar-refractivity contribution in [3.05, 3.63) is 205 Å².